The summed E-state index contributed by atoms with van der Waals surface area (Å²) < 4.78 is 1.000. The van der Waals surface area contributed by atoms with E-state index in [0.717, 1.165) is 42.1 Å². The second-order valence-corrected chi connectivity index (χ2v) is 7.50. The van der Waals surface area contributed by atoms with Gasteiger partial charge in [0.1, 0.15) is 6.54 Å². The maximum atomic E-state index is 12.8. The first-order valence-corrected chi connectivity index (χ1v) is 9.55. The molecule has 2 aliphatic rings. The third-order valence-corrected chi connectivity index (χ3v) is 5.12. The van der Waals surface area contributed by atoms with Crippen molar-refractivity contribution in [1.29, 1.82) is 0 Å². The molecule has 25 heavy (non-hydrogen) atoms. The Labute approximate surface area is 155 Å². The number of carbonyl (C=O) groups is 1. The molecule has 1 heterocycles. The fraction of sp³-hybridized carbons (Fsp3) is 0.444. The van der Waals surface area contributed by atoms with Crippen LogP contribution < -0.4 is 0 Å². The average Bonchev–Trinajstić information content (AvgIpc) is 3.34. The fourth-order valence-electron chi connectivity index (χ4n) is 3.19. The Kier molecular flexibility index (Phi) is 4.65. The van der Waals surface area contributed by atoms with Crippen LogP contribution in [0.5, 0.6) is 0 Å². The monoisotopic (exact) mass is 401 g/mol. The molecule has 6 nitrogen and oxygen atoms in total. The van der Waals surface area contributed by atoms with Gasteiger partial charge in [0.15, 0.2) is 0 Å². The molecule has 130 valence electrons. The van der Waals surface area contributed by atoms with Gasteiger partial charge in [-0.25, -0.2) is 0 Å². The van der Waals surface area contributed by atoms with Crippen LogP contribution in [0.25, 0.3) is 11.4 Å². The topological polar surface area (TPSA) is 63.9 Å². The van der Waals surface area contributed by atoms with Gasteiger partial charge in [0.2, 0.25) is 5.82 Å². The summed E-state index contributed by atoms with van der Waals surface area (Å²) >= 11 is 3.41. The Morgan fingerprint density at radius 3 is 2.72 bits per heavy atom. The quantitative estimate of drug-likeness (QED) is 0.768. The summed E-state index contributed by atoms with van der Waals surface area (Å²) in [6.45, 7) is 0.136. The van der Waals surface area contributed by atoms with Crippen molar-refractivity contribution in [3.05, 3.63) is 40.5 Å². The lowest BCUT2D eigenvalue weighted by atomic mass is 10.0. The molecule has 1 amide bonds. The van der Waals surface area contributed by atoms with Crippen LogP contribution in [0.15, 0.2) is 40.5 Å². The number of allylic oxidation sites excluding steroid dienone is 2. The van der Waals surface area contributed by atoms with E-state index in [-0.39, 0.29) is 12.5 Å². The minimum Gasteiger partial charge on any atom is -0.312 e. The Hall–Kier alpha value is -2.02. The molecular weight excluding hydrogens is 382 g/mol. The van der Waals surface area contributed by atoms with Gasteiger partial charge in [-0.05, 0) is 68.0 Å². The van der Waals surface area contributed by atoms with Gasteiger partial charge < -0.3 is 4.90 Å². The highest BCUT2D eigenvalue weighted by Crippen LogP contribution is 2.33. The highest BCUT2D eigenvalue weighted by Gasteiger charge is 2.35. The van der Waals surface area contributed by atoms with E-state index in [1.54, 1.807) is 0 Å². The Morgan fingerprint density at radius 1 is 1.24 bits per heavy atom. The van der Waals surface area contributed by atoms with E-state index in [0.29, 0.717) is 11.9 Å². The van der Waals surface area contributed by atoms with Crippen LogP contribution in [0.4, 0.5) is 0 Å². The summed E-state index contributed by atoms with van der Waals surface area (Å²) in [4.78, 5) is 16.2. The van der Waals surface area contributed by atoms with Crippen LogP contribution in [-0.4, -0.2) is 37.1 Å². The number of halogens is 1. The molecule has 1 saturated carbocycles. The minimum absolute atomic E-state index is 0.0652. The first-order chi connectivity index (χ1) is 12.2. The number of amides is 1. The predicted octanol–water partition coefficient (Wildman–Crippen LogP) is 3.55. The summed E-state index contributed by atoms with van der Waals surface area (Å²) in [7, 11) is 0. The van der Waals surface area contributed by atoms with Crippen molar-refractivity contribution in [3.63, 3.8) is 0 Å². The number of rotatable bonds is 5. The number of nitrogens with zero attached hydrogens (tertiary/aromatic N) is 5. The standard InChI is InChI=1S/C18H20BrN5O/c19-14-8-6-13(7-9-14)18-20-22-23(21-18)12-17(25)24(16-10-11-16)15-4-2-1-3-5-15/h4,6-9,16H,1-3,5,10-12H2. The van der Waals surface area contributed by atoms with E-state index < -0.39 is 0 Å². The van der Waals surface area contributed by atoms with Gasteiger partial charge in [-0.2, -0.15) is 4.80 Å². The SMILES string of the molecule is O=C(Cn1nnc(-c2ccc(Br)cc2)n1)N(C1=CCCCC1)C1CC1. The molecule has 0 bridgehead atoms. The molecule has 0 saturated heterocycles. The van der Waals surface area contributed by atoms with Crippen molar-refractivity contribution in [1.82, 2.24) is 25.1 Å². The molecule has 0 aliphatic heterocycles. The van der Waals surface area contributed by atoms with Crippen molar-refractivity contribution in [2.75, 3.05) is 0 Å². The van der Waals surface area contributed by atoms with Crippen molar-refractivity contribution >= 4 is 21.8 Å². The van der Waals surface area contributed by atoms with Gasteiger partial charge in [0.25, 0.3) is 5.91 Å². The largest absolute Gasteiger partial charge is 0.312 e. The molecule has 0 unspecified atom stereocenters. The first-order valence-electron chi connectivity index (χ1n) is 8.75. The average molecular weight is 402 g/mol. The van der Waals surface area contributed by atoms with Gasteiger partial charge in [0, 0.05) is 21.8 Å². The molecule has 4 rings (SSSR count). The highest BCUT2D eigenvalue weighted by atomic mass is 79.9. The first kappa shape index (κ1) is 16.4. The zero-order chi connectivity index (χ0) is 17.2. The molecule has 2 aliphatic carbocycles. The van der Waals surface area contributed by atoms with E-state index in [1.165, 1.54) is 16.9 Å². The van der Waals surface area contributed by atoms with Gasteiger partial charge in [-0.3, -0.25) is 4.79 Å². The lowest BCUT2D eigenvalue weighted by Gasteiger charge is -2.27. The molecule has 1 aromatic carbocycles. The maximum absolute atomic E-state index is 12.8. The molecule has 2 aromatic rings. The molecule has 0 radical (unpaired) electrons. The van der Waals surface area contributed by atoms with E-state index in [9.17, 15) is 4.79 Å². The molecule has 1 fully saturated rings. The Bertz CT molecular complexity index is 794. The van der Waals surface area contributed by atoms with Crippen LogP contribution in [0.3, 0.4) is 0 Å². The smallest absolute Gasteiger partial charge is 0.250 e. The fourth-order valence-corrected chi connectivity index (χ4v) is 3.46. The molecule has 7 heteroatoms. The Balaban J connectivity index is 1.48. The van der Waals surface area contributed by atoms with E-state index in [4.69, 9.17) is 0 Å². The highest BCUT2D eigenvalue weighted by molar-refractivity contribution is 9.10. The van der Waals surface area contributed by atoms with Gasteiger partial charge in [0.05, 0.1) is 0 Å². The van der Waals surface area contributed by atoms with Crippen molar-refractivity contribution in [2.24, 2.45) is 0 Å². The summed E-state index contributed by atoms with van der Waals surface area (Å²) in [5, 5.41) is 12.5. The minimum atomic E-state index is 0.0652. The summed E-state index contributed by atoms with van der Waals surface area (Å²) in [6, 6.07) is 8.09. The third kappa shape index (κ3) is 3.81. The van der Waals surface area contributed by atoms with Crippen LogP contribution in [-0.2, 0) is 11.3 Å². The number of benzene rings is 1. The van der Waals surface area contributed by atoms with E-state index in [2.05, 4.69) is 37.4 Å². The second-order valence-electron chi connectivity index (χ2n) is 6.59. The van der Waals surface area contributed by atoms with Crippen LogP contribution in [0.1, 0.15) is 38.5 Å². The van der Waals surface area contributed by atoms with Crippen LogP contribution >= 0.6 is 15.9 Å². The van der Waals surface area contributed by atoms with Crippen LogP contribution in [0, 0.1) is 0 Å². The lowest BCUT2D eigenvalue weighted by molar-refractivity contribution is -0.131. The van der Waals surface area contributed by atoms with Crippen molar-refractivity contribution < 1.29 is 4.79 Å². The molecule has 1 aromatic heterocycles. The summed E-state index contributed by atoms with van der Waals surface area (Å²) in [6.07, 6.45) is 8.87. The predicted molar refractivity (Wildman–Crippen MR) is 97.4 cm³/mol. The zero-order valence-electron chi connectivity index (χ0n) is 13.9. The van der Waals surface area contributed by atoms with Crippen molar-refractivity contribution in [2.45, 2.75) is 51.1 Å². The summed E-state index contributed by atoms with van der Waals surface area (Å²) in [5.74, 6) is 0.602. The molecule has 0 spiro atoms. The maximum Gasteiger partial charge on any atom is 0.250 e. The van der Waals surface area contributed by atoms with E-state index in [1.807, 2.05) is 29.2 Å². The zero-order valence-corrected chi connectivity index (χ0v) is 15.5. The number of carbonyl (C=O) groups excluding carboxylic acids is 1. The lowest BCUT2D eigenvalue weighted by Crippen LogP contribution is -2.36. The van der Waals surface area contributed by atoms with Gasteiger partial charge in [-0.15, -0.1) is 10.2 Å². The van der Waals surface area contributed by atoms with E-state index >= 15 is 0 Å². The number of hydrogen-bond donors (Lipinski definition) is 0. The number of tetrazole rings is 1. The Morgan fingerprint density at radius 2 is 2.04 bits per heavy atom. The normalized spacial score (nSPS) is 17.2. The third-order valence-electron chi connectivity index (χ3n) is 4.59. The molecule has 0 N–H and O–H groups in total. The number of hydrogen-bond acceptors (Lipinski definition) is 4. The summed E-state index contributed by atoms with van der Waals surface area (Å²) in [5.41, 5.74) is 2.07. The number of aromatic nitrogens is 4. The van der Waals surface area contributed by atoms with Crippen LogP contribution in [0.2, 0.25) is 0 Å². The van der Waals surface area contributed by atoms with Crippen molar-refractivity contribution in [3.8, 4) is 11.4 Å². The molecule has 0 atom stereocenters. The molecular formula is C18H20BrN5O. The van der Waals surface area contributed by atoms with Gasteiger partial charge in [-0.1, -0.05) is 22.0 Å². The second kappa shape index (κ2) is 7.07. The van der Waals surface area contributed by atoms with Gasteiger partial charge >= 0.3 is 0 Å².